The highest BCUT2D eigenvalue weighted by Gasteiger charge is 2.23. The standard InChI is InChI=1S/C22H23ClN4OS/c1-2-19(28)26-18-13-16(8-11-25-18)21-20(15-4-3-5-17(23)12-15)27-22(29-21)14-6-9-24-10-7-14/h3-5,8,11-14,24H,2,6-7,9-10H2,1H3,(H,25,26,28). The highest BCUT2D eigenvalue weighted by molar-refractivity contribution is 7.15. The molecule has 3 heterocycles. The molecule has 2 aromatic heterocycles. The second kappa shape index (κ2) is 9.03. The lowest BCUT2D eigenvalue weighted by atomic mass is 9.99. The molecule has 3 aromatic rings. The average Bonchev–Trinajstić information content (AvgIpc) is 3.20. The minimum Gasteiger partial charge on any atom is -0.317 e. The fraction of sp³-hybridized carbons (Fsp3) is 0.318. The molecule has 1 aliphatic rings. The number of benzene rings is 1. The predicted molar refractivity (Wildman–Crippen MR) is 120 cm³/mol. The number of thiazole rings is 1. The fourth-order valence-corrected chi connectivity index (χ4v) is 4.92. The lowest BCUT2D eigenvalue weighted by Gasteiger charge is -2.20. The summed E-state index contributed by atoms with van der Waals surface area (Å²) in [4.78, 5) is 22.2. The first-order chi connectivity index (χ1) is 14.1. The van der Waals surface area contributed by atoms with Crippen LogP contribution in [0.5, 0.6) is 0 Å². The Kier molecular flexibility index (Phi) is 6.23. The summed E-state index contributed by atoms with van der Waals surface area (Å²) < 4.78 is 0. The number of aromatic nitrogens is 2. The van der Waals surface area contributed by atoms with Crippen molar-refractivity contribution < 1.29 is 4.79 Å². The summed E-state index contributed by atoms with van der Waals surface area (Å²) >= 11 is 7.99. The molecule has 1 amide bonds. The molecule has 1 fully saturated rings. The molecule has 0 bridgehead atoms. The molecule has 150 valence electrons. The van der Waals surface area contributed by atoms with Crippen molar-refractivity contribution in [2.75, 3.05) is 18.4 Å². The Bertz CT molecular complexity index is 1010. The van der Waals surface area contributed by atoms with Crippen LogP contribution in [0, 0.1) is 0 Å². The van der Waals surface area contributed by atoms with E-state index in [9.17, 15) is 4.79 Å². The van der Waals surface area contributed by atoms with E-state index in [0.29, 0.717) is 23.2 Å². The second-order valence-electron chi connectivity index (χ2n) is 7.10. The molecule has 1 aromatic carbocycles. The van der Waals surface area contributed by atoms with Crippen LogP contribution in [0.15, 0.2) is 42.6 Å². The van der Waals surface area contributed by atoms with E-state index < -0.39 is 0 Å². The van der Waals surface area contributed by atoms with Crippen LogP contribution in [0.25, 0.3) is 21.7 Å². The first-order valence-electron chi connectivity index (χ1n) is 9.87. The van der Waals surface area contributed by atoms with Crippen molar-refractivity contribution in [2.24, 2.45) is 0 Å². The summed E-state index contributed by atoms with van der Waals surface area (Å²) in [5.41, 5.74) is 2.93. The van der Waals surface area contributed by atoms with Gasteiger partial charge in [-0.05, 0) is 55.8 Å². The molecule has 0 radical (unpaired) electrons. The zero-order valence-corrected chi connectivity index (χ0v) is 17.8. The van der Waals surface area contributed by atoms with Gasteiger partial charge < -0.3 is 10.6 Å². The van der Waals surface area contributed by atoms with Gasteiger partial charge in [0, 0.05) is 29.1 Å². The predicted octanol–water partition coefficient (Wildman–Crippen LogP) is 5.34. The van der Waals surface area contributed by atoms with Crippen LogP contribution >= 0.6 is 22.9 Å². The average molecular weight is 427 g/mol. The van der Waals surface area contributed by atoms with Crippen molar-refractivity contribution >= 4 is 34.7 Å². The van der Waals surface area contributed by atoms with Gasteiger partial charge in [0.25, 0.3) is 0 Å². The van der Waals surface area contributed by atoms with E-state index in [4.69, 9.17) is 16.6 Å². The van der Waals surface area contributed by atoms with Crippen LogP contribution in [-0.2, 0) is 4.79 Å². The largest absolute Gasteiger partial charge is 0.317 e. The number of carbonyl (C=O) groups is 1. The zero-order valence-electron chi connectivity index (χ0n) is 16.2. The van der Waals surface area contributed by atoms with Crippen LogP contribution in [-0.4, -0.2) is 29.0 Å². The van der Waals surface area contributed by atoms with Crippen LogP contribution in [0.4, 0.5) is 5.82 Å². The Morgan fingerprint density at radius 2 is 2.07 bits per heavy atom. The van der Waals surface area contributed by atoms with Crippen LogP contribution in [0.1, 0.15) is 37.1 Å². The highest BCUT2D eigenvalue weighted by atomic mass is 35.5. The van der Waals surface area contributed by atoms with Gasteiger partial charge in [0.2, 0.25) is 5.91 Å². The van der Waals surface area contributed by atoms with Gasteiger partial charge in [-0.15, -0.1) is 11.3 Å². The Balaban J connectivity index is 1.77. The van der Waals surface area contributed by atoms with Crippen LogP contribution < -0.4 is 10.6 Å². The number of piperidine rings is 1. The minimum atomic E-state index is -0.0515. The van der Waals surface area contributed by atoms with E-state index in [1.54, 1.807) is 17.5 Å². The zero-order chi connectivity index (χ0) is 20.2. The summed E-state index contributed by atoms with van der Waals surface area (Å²) in [6.45, 7) is 3.87. The smallest absolute Gasteiger partial charge is 0.225 e. The van der Waals surface area contributed by atoms with Gasteiger partial charge in [-0.2, -0.15) is 0 Å². The minimum absolute atomic E-state index is 0.0515. The van der Waals surface area contributed by atoms with Crippen LogP contribution in [0.3, 0.4) is 0 Å². The SMILES string of the molecule is CCC(=O)Nc1cc(-c2sc(C3CCNCC3)nc2-c2cccc(Cl)c2)ccn1. The van der Waals surface area contributed by atoms with Crippen molar-refractivity contribution in [3.8, 4) is 21.7 Å². The van der Waals surface area contributed by atoms with Crippen molar-refractivity contribution in [1.82, 2.24) is 15.3 Å². The lowest BCUT2D eigenvalue weighted by molar-refractivity contribution is -0.115. The van der Waals surface area contributed by atoms with Gasteiger partial charge >= 0.3 is 0 Å². The molecule has 0 spiro atoms. The number of anilines is 1. The molecule has 0 unspecified atom stereocenters. The number of amides is 1. The maximum absolute atomic E-state index is 11.8. The number of halogens is 1. The van der Waals surface area contributed by atoms with Gasteiger partial charge in [0.1, 0.15) is 5.82 Å². The quantitative estimate of drug-likeness (QED) is 0.577. The summed E-state index contributed by atoms with van der Waals surface area (Å²) in [5, 5.41) is 8.11. The monoisotopic (exact) mass is 426 g/mol. The molecule has 0 aliphatic carbocycles. The van der Waals surface area contributed by atoms with Crippen molar-refractivity contribution in [3.05, 3.63) is 52.6 Å². The van der Waals surface area contributed by atoms with E-state index >= 15 is 0 Å². The first-order valence-corrected chi connectivity index (χ1v) is 11.1. The van der Waals surface area contributed by atoms with E-state index in [2.05, 4.69) is 15.6 Å². The number of nitrogens with zero attached hydrogens (tertiary/aromatic N) is 2. The summed E-state index contributed by atoms with van der Waals surface area (Å²) in [6, 6.07) is 11.7. The second-order valence-corrected chi connectivity index (χ2v) is 8.56. The van der Waals surface area contributed by atoms with Gasteiger partial charge in [-0.1, -0.05) is 30.7 Å². The molecule has 0 saturated carbocycles. The molecule has 0 atom stereocenters. The van der Waals surface area contributed by atoms with Gasteiger partial charge in [-0.25, -0.2) is 9.97 Å². The Hall–Kier alpha value is -2.28. The fourth-order valence-electron chi connectivity index (χ4n) is 3.48. The van der Waals surface area contributed by atoms with Crippen molar-refractivity contribution in [3.63, 3.8) is 0 Å². The van der Waals surface area contributed by atoms with E-state index in [-0.39, 0.29) is 5.91 Å². The normalized spacial score (nSPS) is 14.7. The molecule has 4 rings (SSSR count). The summed E-state index contributed by atoms with van der Waals surface area (Å²) in [5.74, 6) is 0.974. The maximum atomic E-state index is 11.8. The number of hydrogen-bond donors (Lipinski definition) is 2. The van der Waals surface area contributed by atoms with Gasteiger partial charge in [0.15, 0.2) is 0 Å². The Morgan fingerprint density at radius 1 is 1.24 bits per heavy atom. The van der Waals surface area contributed by atoms with Crippen molar-refractivity contribution in [1.29, 1.82) is 0 Å². The molecule has 29 heavy (non-hydrogen) atoms. The molecule has 7 heteroatoms. The number of rotatable bonds is 5. The molecule has 1 saturated heterocycles. The summed E-state index contributed by atoms with van der Waals surface area (Å²) in [6.07, 6.45) is 4.33. The summed E-state index contributed by atoms with van der Waals surface area (Å²) in [7, 11) is 0. The molecule has 1 aliphatic heterocycles. The van der Waals surface area contributed by atoms with Crippen molar-refractivity contribution in [2.45, 2.75) is 32.1 Å². The molecule has 2 N–H and O–H groups in total. The third-order valence-electron chi connectivity index (χ3n) is 5.04. The molecular weight excluding hydrogens is 404 g/mol. The highest BCUT2D eigenvalue weighted by Crippen LogP contribution is 2.41. The first kappa shape index (κ1) is 20.0. The molecular formula is C22H23ClN4OS. The number of nitrogens with one attached hydrogen (secondary N) is 2. The number of hydrogen-bond acceptors (Lipinski definition) is 5. The van der Waals surface area contributed by atoms with E-state index in [0.717, 1.165) is 52.6 Å². The number of carbonyl (C=O) groups excluding carboxylic acids is 1. The van der Waals surface area contributed by atoms with E-state index in [1.165, 1.54) is 0 Å². The molecule has 5 nitrogen and oxygen atoms in total. The third-order valence-corrected chi connectivity index (χ3v) is 6.54. The third kappa shape index (κ3) is 4.66. The maximum Gasteiger partial charge on any atom is 0.225 e. The van der Waals surface area contributed by atoms with Crippen LogP contribution in [0.2, 0.25) is 5.02 Å². The topological polar surface area (TPSA) is 66.9 Å². The number of pyridine rings is 1. The van der Waals surface area contributed by atoms with Gasteiger partial charge in [0.05, 0.1) is 15.6 Å². The lowest BCUT2D eigenvalue weighted by Crippen LogP contribution is -2.26. The Morgan fingerprint density at radius 3 is 2.83 bits per heavy atom. The van der Waals surface area contributed by atoms with Gasteiger partial charge in [-0.3, -0.25) is 4.79 Å². The van der Waals surface area contributed by atoms with E-state index in [1.807, 2.05) is 43.3 Å². The Labute approximate surface area is 179 Å².